The van der Waals surface area contributed by atoms with E-state index in [9.17, 15) is 13.2 Å². The van der Waals surface area contributed by atoms with Crippen molar-refractivity contribution in [3.63, 3.8) is 0 Å². The van der Waals surface area contributed by atoms with Crippen LogP contribution in [0.1, 0.15) is 30.1 Å². The maximum atomic E-state index is 12.6. The highest BCUT2D eigenvalue weighted by molar-refractivity contribution is 7.80. The van der Waals surface area contributed by atoms with E-state index in [0.717, 1.165) is 18.9 Å². The van der Waals surface area contributed by atoms with Crippen LogP contribution in [0.3, 0.4) is 0 Å². The van der Waals surface area contributed by atoms with Crippen LogP contribution in [0.15, 0.2) is 6.07 Å². The molecule has 0 aliphatic heterocycles. The van der Waals surface area contributed by atoms with Gasteiger partial charge in [-0.2, -0.15) is 13.2 Å². The molecule has 0 aromatic carbocycles. The smallest absolute Gasteiger partial charge is 0.376 e. The lowest BCUT2D eigenvalue weighted by Gasteiger charge is -2.10. The molecule has 1 aliphatic rings. The van der Waals surface area contributed by atoms with Crippen LogP contribution in [0.5, 0.6) is 0 Å². The van der Waals surface area contributed by atoms with Crippen molar-refractivity contribution in [1.29, 1.82) is 0 Å². The monoisotopic (exact) mass is 262 g/mol. The predicted octanol–water partition coefficient (Wildman–Crippen LogP) is 2.03. The molecular formula is C9H9F3N4S. The Hall–Kier alpha value is -1.44. The van der Waals surface area contributed by atoms with Crippen LogP contribution < -0.4 is 11.1 Å². The summed E-state index contributed by atoms with van der Waals surface area (Å²) in [7, 11) is 0. The molecule has 0 radical (unpaired) electrons. The summed E-state index contributed by atoms with van der Waals surface area (Å²) in [5.74, 6) is -0.111. The minimum absolute atomic E-state index is 0.0889. The molecule has 0 atom stereocenters. The number of alkyl halides is 3. The number of thiocarbonyl (C=S) groups is 1. The minimum atomic E-state index is -4.50. The third-order valence-electron chi connectivity index (χ3n) is 2.27. The summed E-state index contributed by atoms with van der Waals surface area (Å²) >= 11 is 4.54. The van der Waals surface area contributed by atoms with Crippen LogP contribution in [-0.4, -0.2) is 15.1 Å². The number of nitrogens with one attached hydrogen (secondary N) is 1. The van der Waals surface area contributed by atoms with E-state index < -0.39 is 11.9 Å². The maximum Gasteiger partial charge on any atom is 0.433 e. The first-order valence-corrected chi connectivity index (χ1v) is 5.29. The highest BCUT2D eigenvalue weighted by Crippen LogP contribution is 2.40. The second-order valence-electron chi connectivity index (χ2n) is 3.76. The zero-order valence-corrected chi connectivity index (χ0v) is 9.40. The van der Waals surface area contributed by atoms with Crippen molar-refractivity contribution in [2.45, 2.75) is 24.9 Å². The van der Waals surface area contributed by atoms with E-state index in [0.29, 0.717) is 5.69 Å². The van der Waals surface area contributed by atoms with E-state index in [2.05, 4.69) is 27.5 Å². The van der Waals surface area contributed by atoms with E-state index in [1.807, 2.05) is 0 Å². The standard InChI is InChI=1S/C9H9F3N4S/c10-9(11,12)6-3-5(4-1-2-4)14-8(15-6)16-7(13)17/h3-4H,1-2H2,(H3,13,14,15,16,17). The summed E-state index contributed by atoms with van der Waals surface area (Å²) in [5.41, 5.74) is 4.59. The van der Waals surface area contributed by atoms with Crippen LogP contribution in [0.25, 0.3) is 0 Å². The summed E-state index contributed by atoms with van der Waals surface area (Å²) in [5, 5.41) is 2.17. The zero-order chi connectivity index (χ0) is 12.6. The Morgan fingerprint density at radius 2 is 2.06 bits per heavy atom. The maximum absolute atomic E-state index is 12.6. The molecule has 1 heterocycles. The van der Waals surface area contributed by atoms with E-state index in [-0.39, 0.29) is 17.0 Å². The fourth-order valence-corrected chi connectivity index (χ4v) is 1.46. The summed E-state index contributed by atoms with van der Waals surface area (Å²) in [6, 6.07) is 0.975. The number of rotatable bonds is 2. The number of aromatic nitrogens is 2. The van der Waals surface area contributed by atoms with Gasteiger partial charge in [-0.1, -0.05) is 0 Å². The van der Waals surface area contributed by atoms with Crippen molar-refractivity contribution in [2.24, 2.45) is 5.73 Å². The Labute approximate surface area is 100 Å². The Balaban J connectivity index is 2.38. The second kappa shape index (κ2) is 4.10. The first-order valence-electron chi connectivity index (χ1n) is 4.89. The molecule has 0 spiro atoms. The molecule has 3 N–H and O–H groups in total. The molecule has 4 nitrogen and oxygen atoms in total. The molecule has 17 heavy (non-hydrogen) atoms. The number of hydrogen-bond acceptors (Lipinski definition) is 3. The van der Waals surface area contributed by atoms with Gasteiger partial charge in [0.05, 0.1) is 0 Å². The van der Waals surface area contributed by atoms with Crippen molar-refractivity contribution in [1.82, 2.24) is 9.97 Å². The van der Waals surface area contributed by atoms with Crippen molar-refractivity contribution in [3.8, 4) is 0 Å². The molecule has 1 aliphatic carbocycles. The van der Waals surface area contributed by atoms with Gasteiger partial charge < -0.3 is 11.1 Å². The minimum Gasteiger partial charge on any atom is -0.376 e. The van der Waals surface area contributed by atoms with Crippen LogP contribution in [0, 0.1) is 0 Å². The highest BCUT2D eigenvalue weighted by Gasteiger charge is 2.36. The third-order valence-corrected chi connectivity index (χ3v) is 2.37. The average Bonchev–Trinajstić information content (AvgIpc) is 2.97. The number of nitrogens with two attached hydrogens (primary N) is 1. The van der Waals surface area contributed by atoms with Crippen LogP contribution >= 0.6 is 12.2 Å². The Kier molecular flexibility index (Phi) is 2.90. The van der Waals surface area contributed by atoms with Crippen LogP contribution in [-0.2, 0) is 6.18 Å². The fourth-order valence-electron chi connectivity index (χ4n) is 1.37. The van der Waals surface area contributed by atoms with E-state index >= 15 is 0 Å². The largest absolute Gasteiger partial charge is 0.433 e. The van der Waals surface area contributed by atoms with Crippen molar-refractivity contribution >= 4 is 23.3 Å². The number of anilines is 1. The molecule has 0 unspecified atom stereocenters. The second-order valence-corrected chi connectivity index (χ2v) is 4.20. The SMILES string of the molecule is NC(=S)Nc1nc(C2CC2)cc(C(F)(F)F)n1. The molecule has 1 fully saturated rings. The lowest BCUT2D eigenvalue weighted by atomic mass is 10.2. The number of hydrogen-bond donors (Lipinski definition) is 2. The van der Waals surface area contributed by atoms with Crippen molar-refractivity contribution < 1.29 is 13.2 Å². The van der Waals surface area contributed by atoms with E-state index in [1.54, 1.807) is 0 Å². The Bertz CT molecular complexity index is 456. The summed E-state index contributed by atoms with van der Waals surface area (Å²) in [4.78, 5) is 7.30. The van der Waals surface area contributed by atoms with Gasteiger partial charge in [-0.3, -0.25) is 0 Å². The Morgan fingerprint density at radius 3 is 2.53 bits per heavy atom. The van der Waals surface area contributed by atoms with E-state index in [1.165, 1.54) is 0 Å². The number of nitrogens with zero attached hydrogens (tertiary/aromatic N) is 2. The number of halogens is 3. The zero-order valence-electron chi connectivity index (χ0n) is 8.58. The lowest BCUT2D eigenvalue weighted by molar-refractivity contribution is -0.141. The fraction of sp³-hybridized carbons (Fsp3) is 0.444. The van der Waals surface area contributed by atoms with Gasteiger partial charge in [0.15, 0.2) is 5.11 Å². The molecule has 8 heteroatoms. The van der Waals surface area contributed by atoms with Crippen LogP contribution in [0.2, 0.25) is 0 Å². The highest BCUT2D eigenvalue weighted by atomic mass is 32.1. The average molecular weight is 262 g/mol. The van der Waals surface area contributed by atoms with Gasteiger partial charge in [0.2, 0.25) is 5.95 Å². The first kappa shape index (κ1) is 12.0. The Morgan fingerprint density at radius 1 is 1.41 bits per heavy atom. The van der Waals surface area contributed by atoms with Crippen LogP contribution in [0.4, 0.5) is 19.1 Å². The summed E-state index contributed by atoms with van der Waals surface area (Å²) in [6.07, 6.45) is -2.80. The van der Waals surface area contributed by atoms with Gasteiger partial charge in [0.25, 0.3) is 0 Å². The molecular weight excluding hydrogens is 253 g/mol. The normalized spacial score (nSPS) is 15.7. The first-order chi connectivity index (χ1) is 7.86. The molecule has 1 aromatic heterocycles. The molecule has 92 valence electrons. The van der Waals surface area contributed by atoms with E-state index in [4.69, 9.17) is 5.73 Å². The molecule has 0 saturated heterocycles. The molecule has 1 aromatic rings. The molecule has 2 rings (SSSR count). The van der Waals surface area contributed by atoms with Crippen molar-refractivity contribution in [3.05, 3.63) is 17.5 Å². The molecule has 1 saturated carbocycles. The van der Waals surface area contributed by atoms with Gasteiger partial charge in [-0.15, -0.1) is 0 Å². The predicted molar refractivity (Wildman–Crippen MR) is 59.4 cm³/mol. The lowest BCUT2D eigenvalue weighted by Crippen LogP contribution is -2.22. The van der Waals surface area contributed by atoms with Gasteiger partial charge in [-0.25, -0.2) is 9.97 Å². The molecule has 0 amide bonds. The van der Waals surface area contributed by atoms with Gasteiger partial charge in [-0.05, 0) is 31.1 Å². The molecule has 0 bridgehead atoms. The summed E-state index contributed by atoms with van der Waals surface area (Å²) < 4.78 is 37.8. The van der Waals surface area contributed by atoms with Gasteiger partial charge in [0, 0.05) is 11.6 Å². The van der Waals surface area contributed by atoms with Crippen molar-refractivity contribution in [2.75, 3.05) is 5.32 Å². The van der Waals surface area contributed by atoms with Gasteiger partial charge in [0.1, 0.15) is 5.69 Å². The van der Waals surface area contributed by atoms with Gasteiger partial charge >= 0.3 is 6.18 Å². The third kappa shape index (κ3) is 3.02. The quantitative estimate of drug-likeness (QED) is 0.798. The summed E-state index contributed by atoms with van der Waals surface area (Å²) in [6.45, 7) is 0. The topological polar surface area (TPSA) is 63.8 Å².